The smallest absolute Gasteiger partial charge is 0.252 e. The lowest BCUT2D eigenvalue weighted by atomic mass is 10.2. The lowest BCUT2D eigenvalue weighted by Gasteiger charge is -2.06. The molecule has 0 unspecified atom stereocenters. The molecular weight excluding hydrogens is 358 g/mol. The van der Waals surface area contributed by atoms with Crippen LogP contribution in [0.5, 0.6) is 0 Å². The van der Waals surface area contributed by atoms with Gasteiger partial charge in [0, 0.05) is 17.4 Å². The Labute approximate surface area is 142 Å². The Balaban J connectivity index is 1.72. The first kappa shape index (κ1) is 16.9. The van der Waals surface area contributed by atoms with Crippen LogP contribution in [0, 0.1) is 0 Å². The summed E-state index contributed by atoms with van der Waals surface area (Å²) in [4.78, 5) is 23.6. The van der Waals surface area contributed by atoms with E-state index in [2.05, 4.69) is 31.8 Å². The molecule has 0 aliphatic heterocycles. The lowest BCUT2D eigenvalue weighted by Crippen LogP contribution is -2.29. The minimum atomic E-state index is -0.260. The number of rotatable bonds is 6. The van der Waals surface area contributed by atoms with E-state index < -0.39 is 0 Å². The lowest BCUT2D eigenvalue weighted by molar-refractivity contribution is -0.120. The van der Waals surface area contributed by atoms with Gasteiger partial charge >= 0.3 is 0 Å². The highest BCUT2D eigenvalue weighted by Crippen LogP contribution is 2.15. The van der Waals surface area contributed by atoms with Crippen LogP contribution in [-0.4, -0.2) is 24.6 Å². The second-order valence-corrected chi connectivity index (χ2v) is 5.54. The molecule has 2 aromatic carbocycles. The van der Waals surface area contributed by atoms with Crippen LogP contribution < -0.4 is 10.7 Å². The van der Waals surface area contributed by atoms with Gasteiger partial charge in [-0.25, -0.2) is 5.43 Å². The van der Waals surface area contributed by atoms with Crippen molar-refractivity contribution in [2.24, 2.45) is 5.10 Å². The number of carbonyl (C=O) groups is 2. The van der Waals surface area contributed by atoms with Gasteiger partial charge in [-0.15, -0.1) is 0 Å². The van der Waals surface area contributed by atoms with Gasteiger partial charge < -0.3 is 5.32 Å². The molecule has 2 amide bonds. The maximum Gasteiger partial charge on any atom is 0.252 e. The van der Waals surface area contributed by atoms with E-state index in [-0.39, 0.29) is 24.8 Å². The maximum absolute atomic E-state index is 11.9. The minimum absolute atomic E-state index is 0.155. The molecule has 23 heavy (non-hydrogen) atoms. The molecule has 0 fully saturated rings. The van der Waals surface area contributed by atoms with Crippen molar-refractivity contribution in [3.05, 3.63) is 70.2 Å². The number of carbonyl (C=O) groups excluding carboxylic acids is 2. The quantitative estimate of drug-likeness (QED) is 0.603. The summed E-state index contributed by atoms with van der Waals surface area (Å²) in [7, 11) is 0. The topological polar surface area (TPSA) is 70.6 Å². The van der Waals surface area contributed by atoms with Gasteiger partial charge in [-0.05, 0) is 33.6 Å². The standard InChI is InChI=1S/C17H16BrN3O2/c18-15-9-5-4-8-14(15)17(23)19-11-10-16(22)21-20-12-13-6-2-1-3-7-13/h1-9,12H,10-11H2,(H,19,23)(H,21,22). The van der Waals surface area contributed by atoms with Crippen LogP contribution in [0.2, 0.25) is 0 Å². The van der Waals surface area contributed by atoms with Crippen LogP contribution in [0.4, 0.5) is 0 Å². The number of halogens is 1. The third kappa shape index (κ3) is 5.67. The predicted octanol–water partition coefficient (Wildman–Crippen LogP) is 2.72. The molecular formula is C17H16BrN3O2. The first-order valence-corrected chi connectivity index (χ1v) is 7.86. The van der Waals surface area contributed by atoms with E-state index in [4.69, 9.17) is 0 Å². The molecule has 5 nitrogen and oxygen atoms in total. The molecule has 0 saturated heterocycles. The molecule has 6 heteroatoms. The van der Waals surface area contributed by atoms with Gasteiger partial charge in [0.05, 0.1) is 11.8 Å². The number of nitrogens with one attached hydrogen (secondary N) is 2. The fourth-order valence-electron chi connectivity index (χ4n) is 1.80. The van der Waals surface area contributed by atoms with Crippen molar-refractivity contribution in [3.8, 4) is 0 Å². The molecule has 0 atom stereocenters. The van der Waals surface area contributed by atoms with Gasteiger partial charge in [0.25, 0.3) is 5.91 Å². The summed E-state index contributed by atoms with van der Waals surface area (Å²) >= 11 is 3.31. The van der Waals surface area contributed by atoms with Gasteiger partial charge in [-0.3, -0.25) is 9.59 Å². The minimum Gasteiger partial charge on any atom is -0.351 e. The number of hydrogen-bond acceptors (Lipinski definition) is 3. The molecule has 118 valence electrons. The first-order chi connectivity index (χ1) is 11.2. The molecule has 0 radical (unpaired) electrons. The number of nitrogens with zero attached hydrogens (tertiary/aromatic N) is 1. The number of benzene rings is 2. The Morgan fingerprint density at radius 3 is 2.48 bits per heavy atom. The molecule has 0 spiro atoms. The molecule has 0 aromatic heterocycles. The Bertz CT molecular complexity index is 702. The fraction of sp³-hybridized carbons (Fsp3) is 0.118. The Kier molecular flexibility index (Phi) is 6.50. The highest BCUT2D eigenvalue weighted by Gasteiger charge is 2.09. The third-order valence-electron chi connectivity index (χ3n) is 2.96. The average molecular weight is 374 g/mol. The largest absolute Gasteiger partial charge is 0.351 e. The third-order valence-corrected chi connectivity index (χ3v) is 3.65. The zero-order chi connectivity index (χ0) is 16.5. The second kappa shape index (κ2) is 8.85. The van der Waals surface area contributed by atoms with Crippen molar-refractivity contribution in [1.82, 2.24) is 10.7 Å². The SMILES string of the molecule is O=C(CCNC(=O)c1ccccc1Br)NN=Cc1ccccc1. The Hall–Kier alpha value is -2.47. The van der Waals surface area contributed by atoms with E-state index in [1.54, 1.807) is 24.4 Å². The molecule has 0 heterocycles. The van der Waals surface area contributed by atoms with Crippen LogP contribution >= 0.6 is 15.9 Å². The van der Waals surface area contributed by atoms with E-state index in [0.29, 0.717) is 5.56 Å². The van der Waals surface area contributed by atoms with Crippen LogP contribution in [0.15, 0.2) is 64.2 Å². The monoisotopic (exact) mass is 373 g/mol. The molecule has 0 aliphatic rings. The Morgan fingerprint density at radius 2 is 1.74 bits per heavy atom. The highest BCUT2D eigenvalue weighted by molar-refractivity contribution is 9.10. The molecule has 0 bridgehead atoms. The van der Waals surface area contributed by atoms with E-state index in [9.17, 15) is 9.59 Å². The van der Waals surface area contributed by atoms with Crippen molar-refractivity contribution in [2.45, 2.75) is 6.42 Å². The second-order valence-electron chi connectivity index (χ2n) is 4.69. The Morgan fingerprint density at radius 1 is 1.04 bits per heavy atom. The number of amides is 2. The van der Waals surface area contributed by atoms with Crippen LogP contribution in [-0.2, 0) is 4.79 Å². The van der Waals surface area contributed by atoms with E-state index in [0.717, 1.165) is 10.0 Å². The summed E-state index contributed by atoms with van der Waals surface area (Å²) in [6, 6.07) is 16.6. The zero-order valence-electron chi connectivity index (χ0n) is 12.3. The van der Waals surface area contributed by atoms with Crippen molar-refractivity contribution < 1.29 is 9.59 Å². The first-order valence-electron chi connectivity index (χ1n) is 7.06. The summed E-state index contributed by atoms with van der Waals surface area (Å²) in [5.74, 6) is -0.484. The summed E-state index contributed by atoms with van der Waals surface area (Å²) in [6.07, 6.45) is 1.72. The summed E-state index contributed by atoms with van der Waals surface area (Å²) in [6.45, 7) is 0.243. The van der Waals surface area contributed by atoms with Gasteiger partial charge in [-0.1, -0.05) is 42.5 Å². The van der Waals surface area contributed by atoms with E-state index in [1.165, 1.54) is 0 Å². The molecule has 2 N–H and O–H groups in total. The summed E-state index contributed by atoms with van der Waals surface area (Å²) in [5.41, 5.74) is 3.86. The predicted molar refractivity (Wildman–Crippen MR) is 93.3 cm³/mol. The normalized spacial score (nSPS) is 10.5. The van der Waals surface area contributed by atoms with Gasteiger partial charge in [-0.2, -0.15) is 5.10 Å². The van der Waals surface area contributed by atoms with Crippen LogP contribution in [0.3, 0.4) is 0 Å². The molecule has 0 aliphatic carbocycles. The summed E-state index contributed by atoms with van der Waals surface area (Å²) in [5, 5.41) is 6.56. The fourth-order valence-corrected chi connectivity index (χ4v) is 2.27. The van der Waals surface area contributed by atoms with Gasteiger partial charge in [0.1, 0.15) is 0 Å². The number of hydrazone groups is 1. The molecule has 2 rings (SSSR count). The highest BCUT2D eigenvalue weighted by atomic mass is 79.9. The van der Waals surface area contributed by atoms with E-state index >= 15 is 0 Å². The van der Waals surface area contributed by atoms with Crippen molar-refractivity contribution >= 4 is 34.0 Å². The van der Waals surface area contributed by atoms with E-state index in [1.807, 2.05) is 36.4 Å². The average Bonchev–Trinajstić information content (AvgIpc) is 2.56. The van der Waals surface area contributed by atoms with Crippen LogP contribution in [0.25, 0.3) is 0 Å². The van der Waals surface area contributed by atoms with Crippen LogP contribution in [0.1, 0.15) is 22.3 Å². The van der Waals surface area contributed by atoms with Crippen molar-refractivity contribution in [2.75, 3.05) is 6.54 Å². The zero-order valence-corrected chi connectivity index (χ0v) is 13.9. The maximum atomic E-state index is 11.9. The van der Waals surface area contributed by atoms with Gasteiger partial charge in [0.15, 0.2) is 0 Å². The van der Waals surface area contributed by atoms with Crippen molar-refractivity contribution in [3.63, 3.8) is 0 Å². The van der Waals surface area contributed by atoms with Gasteiger partial charge in [0.2, 0.25) is 5.91 Å². The summed E-state index contributed by atoms with van der Waals surface area (Å²) < 4.78 is 0.717. The molecule has 0 saturated carbocycles. The molecule has 2 aromatic rings. The number of hydrogen-bond donors (Lipinski definition) is 2. The van der Waals surface area contributed by atoms with Crippen molar-refractivity contribution in [1.29, 1.82) is 0 Å².